The number of hydrogen-bond acceptors (Lipinski definition) is 5. The summed E-state index contributed by atoms with van der Waals surface area (Å²) in [6, 6.07) is 2.34. The minimum atomic E-state index is 0.274. The van der Waals surface area contributed by atoms with Crippen molar-refractivity contribution in [2.45, 2.75) is 44.2 Å². The standard InChI is InChI=1S/C12H18N4S/c1-9(10-4-7-14-17-10)15-11-13-8-12(16-11)5-2-3-6-12/h4,7,9H,2-3,5-6,8H2,1H3,(H2,13,15,16). The molecule has 0 saturated heterocycles. The van der Waals surface area contributed by atoms with Crippen molar-refractivity contribution >= 4 is 17.5 Å². The fraction of sp³-hybridized carbons (Fsp3) is 0.667. The molecule has 1 spiro atoms. The van der Waals surface area contributed by atoms with Gasteiger partial charge in [-0.25, -0.2) is 4.37 Å². The number of hydrogen-bond donors (Lipinski definition) is 2. The first-order chi connectivity index (χ1) is 8.27. The van der Waals surface area contributed by atoms with Gasteiger partial charge in [0.25, 0.3) is 0 Å². The van der Waals surface area contributed by atoms with Gasteiger partial charge in [0, 0.05) is 11.1 Å². The lowest BCUT2D eigenvalue weighted by Gasteiger charge is -2.24. The maximum Gasteiger partial charge on any atom is 0.192 e. The molecule has 3 rings (SSSR count). The monoisotopic (exact) mass is 250 g/mol. The SMILES string of the molecule is CC(NC1=NCC2(CCCC2)N1)c1ccns1. The van der Waals surface area contributed by atoms with Crippen molar-refractivity contribution in [1.29, 1.82) is 0 Å². The molecule has 1 aromatic rings. The molecule has 5 heteroatoms. The van der Waals surface area contributed by atoms with E-state index in [0.717, 1.165) is 12.5 Å². The first kappa shape index (κ1) is 11.0. The van der Waals surface area contributed by atoms with Crippen LogP contribution in [0.3, 0.4) is 0 Å². The Hall–Kier alpha value is -1.10. The molecule has 1 aromatic heterocycles. The van der Waals surface area contributed by atoms with Gasteiger partial charge < -0.3 is 10.6 Å². The Labute approximate surface area is 106 Å². The Morgan fingerprint density at radius 1 is 1.47 bits per heavy atom. The molecule has 0 amide bonds. The van der Waals surface area contributed by atoms with Crippen LogP contribution in [0.25, 0.3) is 0 Å². The predicted molar refractivity (Wildman–Crippen MR) is 70.3 cm³/mol. The molecule has 2 aliphatic rings. The van der Waals surface area contributed by atoms with Gasteiger partial charge >= 0.3 is 0 Å². The smallest absolute Gasteiger partial charge is 0.192 e. The largest absolute Gasteiger partial charge is 0.349 e. The van der Waals surface area contributed by atoms with E-state index in [1.807, 2.05) is 6.20 Å². The molecule has 1 saturated carbocycles. The van der Waals surface area contributed by atoms with Gasteiger partial charge in [-0.1, -0.05) is 12.8 Å². The molecule has 2 N–H and O–H groups in total. The Kier molecular flexibility index (Phi) is 2.78. The highest BCUT2D eigenvalue weighted by atomic mass is 32.1. The van der Waals surface area contributed by atoms with Crippen LogP contribution in [0.1, 0.15) is 43.5 Å². The summed E-state index contributed by atoms with van der Waals surface area (Å²) in [6.07, 6.45) is 7.04. The van der Waals surface area contributed by atoms with Crippen LogP contribution in [0.15, 0.2) is 17.3 Å². The molecule has 0 radical (unpaired) electrons. The lowest BCUT2D eigenvalue weighted by molar-refractivity contribution is 0.423. The van der Waals surface area contributed by atoms with Crippen molar-refractivity contribution in [1.82, 2.24) is 15.0 Å². The van der Waals surface area contributed by atoms with Crippen molar-refractivity contribution in [3.63, 3.8) is 0 Å². The first-order valence-electron chi connectivity index (χ1n) is 6.27. The molecule has 17 heavy (non-hydrogen) atoms. The number of guanidine groups is 1. The third-order valence-corrected chi connectivity index (χ3v) is 4.65. The van der Waals surface area contributed by atoms with Gasteiger partial charge in [-0.05, 0) is 37.4 Å². The van der Waals surface area contributed by atoms with E-state index in [2.05, 4.69) is 33.0 Å². The minimum Gasteiger partial charge on any atom is -0.349 e. The summed E-state index contributed by atoms with van der Waals surface area (Å²) in [5.41, 5.74) is 0.274. The van der Waals surface area contributed by atoms with Gasteiger partial charge in [0.2, 0.25) is 0 Å². The van der Waals surface area contributed by atoms with Gasteiger partial charge in [-0.15, -0.1) is 0 Å². The van der Waals surface area contributed by atoms with E-state index in [-0.39, 0.29) is 11.6 Å². The Bertz CT molecular complexity index is 406. The molecule has 1 aliphatic heterocycles. The van der Waals surface area contributed by atoms with Crippen LogP contribution in [0.2, 0.25) is 0 Å². The summed E-state index contributed by atoms with van der Waals surface area (Å²) in [5, 5.41) is 7.02. The second-order valence-electron chi connectivity index (χ2n) is 5.06. The third kappa shape index (κ3) is 2.16. The number of aromatic nitrogens is 1. The van der Waals surface area contributed by atoms with E-state index in [9.17, 15) is 0 Å². The molecule has 92 valence electrons. The van der Waals surface area contributed by atoms with E-state index in [1.54, 1.807) is 11.5 Å². The normalized spacial score (nSPS) is 23.5. The number of aliphatic imine (C=N–C) groups is 1. The van der Waals surface area contributed by atoms with E-state index >= 15 is 0 Å². The van der Waals surface area contributed by atoms with Crippen molar-refractivity contribution < 1.29 is 0 Å². The fourth-order valence-corrected chi connectivity index (χ4v) is 3.28. The van der Waals surface area contributed by atoms with Crippen molar-refractivity contribution in [3.05, 3.63) is 17.1 Å². The zero-order valence-corrected chi connectivity index (χ0v) is 10.9. The fourth-order valence-electron chi connectivity index (χ4n) is 2.70. The van der Waals surface area contributed by atoms with Gasteiger partial charge in [0.05, 0.1) is 18.1 Å². The lowest BCUT2D eigenvalue weighted by Crippen LogP contribution is -2.47. The molecule has 1 fully saturated rings. The average Bonchev–Trinajstić information content (AvgIpc) is 3.04. The van der Waals surface area contributed by atoms with Crippen LogP contribution < -0.4 is 10.6 Å². The zero-order valence-electron chi connectivity index (χ0n) is 10.1. The van der Waals surface area contributed by atoms with E-state index in [0.29, 0.717) is 0 Å². The quantitative estimate of drug-likeness (QED) is 0.844. The average molecular weight is 250 g/mol. The van der Waals surface area contributed by atoms with Gasteiger partial charge in [0.15, 0.2) is 5.96 Å². The van der Waals surface area contributed by atoms with Crippen LogP contribution in [-0.4, -0.2) is 22.4 Å². The predicted octanol–water partition coefficient (Wildman–Crippen LogP) is 2.07. The third-order valence-electron chi connectivity index (χ3n) is 3.72. The van der Waals surface area contributed by atoms with Crippen LogP contribution >= 0.6 is 11.5 Å². The molecule has 4 nitrogen and oxygen atoms in total. The van der Waals surface area contributed by atoms with Crippen molar-refractivity contribution in [2.24, 2.45) is 4.99 Å². The van der Waals surface area contributed by atoms with Gasteiger partial charge in [-0.2, -0.15) is 0 Å². The molecule has 0 aromatic carbocycles. The highest BCUT2D eigenvalue weighted by Crippen LogP contribution is 2.32. The maximum absolute atomic E-state index is 4.60. The minimum absolute atomic E-state index is 0.274. The highest BCUT2D eigenvalue weighted by Gasteiger charge is 2.38. The van der Waals surface area contributed by atoms with Crippen molar-refractivity contribution in [3.8, 4) is 0 Å². The Morgan fingerprint density at radius 2 is 2.29 bits per heavy atom. The summed E-state index contributed by atoms with van der Waals surface area (Å²) in [4.78, 5) is 5.85. The number of rotatable bonds is 2. The molecular formula is C12H18N4S. The molecule has 0 bridgehead atoms. The molecular weight excluding hydrogens is 232 g/mol. The Morgan fingerprint density at radius 3 is 3.00 bits per heavy atom. The maximum atomic E-state index is 4.60. The molecule has 1 aliphatic carbocycles. The van der Waals surface area contributed by atoms with E-state index < -0.39 is 0 Å². The van der Waals surface area contributed by atoms with Crippen LogP contribution in [0.4, 0.5) is 0 Å². The summed E-state index contributed by atoms with van der Waals surface area (Å²) in [6.45, 7) is 3.09. The number of nitrogens with zero attached hydrogens (tertiary/aromatic N) is 2. The topological polar surface area (TPSA) is 49.3 Å². The molecule has 1 atom stereocenters. The zero-order chi connectivity index (χ0) is 11.7. The Balaban J connectivity index is 1.60. The molecule has 1 unspecified atom stereocenters. The number of nitrogens with one attached hydrogen (secondary N) is 2. The summed E-state index contributed by atoms with van der Waals surface area (Å²) >= 11 is 1.54. The summed E-state index contributed by atoms with van der Waals surface area (Å²) in [5.74, 6) is 0.966. The van der Waals surface area contributed by atoms with Gasteiger partial charge in [-0.3, -0.25) is 4.99 Å². The summed E-state index contributed by atoms with van der Waals surface area (Å²) in [7, 11) is 0. The van der Waals surface area contributed by atoms with Crippen LogP contribution in [0, 0.1) is 0 Å². The van der Waals surface area contributed by atoms with Crippen molar-refractivity contribution in [2.75, 3.05) is 6.54 Å². The molecule has 2 heterocycles. The summed E-state index contributed by atoms with van der Waals surface area (Å²) < 4.78 is 4.13. The second-order valence-corrected chi connectivity index (χ2v) is 5.92. The van der Waals surface area contributed by atoms with E-state index in [1.165, 1.54) is 30.6 Å². The highest BCUT2D eigenvalue weighted by molar-refractivity contribution is 7.05. The second kappa shape index (κ2) is 4.29. The van der Waals surface area contributed by atoms with Crippen LogP contribution in [-0.2, 0) is 0 Å². The lowest BCUT2D eigenvalue weighted by atomic mass is 9.99. The van der Waals surface area contributed by atoms with Gasteiger partial charge in [0.1, 0.15) is 0 Å². The van der Waals surface area contributed by atoms with Crippen LogP contribution in [0.5, 0.6) is 0 Å². The first-order valence-corrected chi connectivity index (χ1v) is 7.05. The van der Waals surface area contributed by atoms with E-state index in [4.69, 9.17) is 0 Å².